The highest BCUT2D eigenvalue weighted by molar-refractivity contribution is 6.40. The maximum absolute atomic E-state index is 12.9. The number of carbonyl (C=O) groups excluding carboxylic acids is 1. The fourth-order valence-electron chi connectivity index (χ4n) is 0.812. The molecule has 0 saturated heterocycles. The van der Waals surface area contributed by atoms with Gasteiger partial charge in [-0.25, -0.2) is 13.6 Å². The molecule has 0 aliphatic heterocycles. The van der Waals surface area contributed by atoms with Gasteiger partial charge in [-0.1, -0.05) is 11.6 Å². The van der Waals surface area contributed by atoms with Crippen LogP contribution in [0.3, 0.4) is 0 Å². The summed E-state index contributed by atoms with van der Waals surface area (Å²) in [7, 11) is 0. The van der Waals surface area contributed by atoms with E-state index >= 15 is 0 Å². The van der Waals surface area contributed by atoms with Crippen LogP contribution in [0.5, 0.6) is 0 Å². The molecular weight excluding hydrogens is 218 g/mol. The number of carbonyl (C=O) groups is 2. The van der Waals surface area contributed by atoms with Gasteiger partial charge in [0.2, 0.25) is 0 Å². The number of ketones is 1. The van der Waals surface area contributed by atoms with Crippen molar-refractivity contribution >= 4 is 23.4 Å². The van der Waals surface area contributed by atoms with Gasteiger partial charge in [-0.2, -0.15) is 0 Å². The van der Waals surface area contributed by atoms with Gasteiger partial charge in [0, 0.05) is 6.07 Å². The van der Waals surface area contributed by atoms with E-state index < -0.39 is 34.0 Å². The normalized spacial score (nSPS) is 9.93. The van der Waals surface area contributed by atoms with Gasteiger partial charge in [0.05, 0.1) is 10.6 Å². The van der Waals surface area contributed by atoms with Gasteiger partial charge >= 0.3 is 5.97 Å². The summed E-state index contributed by atoms with van der Waals surface area (Å²) in [5.74, 6) is -5.60. The minimum absolute atomic E-state index is 0.360. The molecular formula is C8H3ClF2O3. The number of rotatable bonds is 2. The van der Waals surface area contributed by atoms with E-state index in [1.807, 2.05) is 0 Å². The van der Waals surface area contributed by atoms with Crippen LogP contribution in [-0.4, -0.2) is 16.9 Å². The van der Waals surface area contributed by atoms with Crippen LogP contribution in [0.1, 0.15) is 10.4 Å². The molecule has 0 amide bonds. The second kappa shape index (κ2) is 3.71. The van der Waals surface area contributed by atoms with Gasteiger partial charge in [0.25, 0.3) is 5.78 Å². The van der Waals surface area contributed by atoms with Gasteiger partial charge in [0.15, 0.2) is 0 Å². The summed E-state index contributed by atoms with van der Waals surface area (Å²) in [5.41, 5.74) is -0.760. The summed E-state index contributed by atoms with van der Waals surface area (Å²) < 4.78 is 25.5. The standard InChI is InChI=1S/C8H3ClF2O3/c9-4-1-3(7(12)8(13)14)5(10)2-6(4)11/h1-2H,(H,13,14). The number of carboxylic acid groups (broad SMARTS) is 1. The van der Waals surface area contributed by atoms with E-state index in [0.29, 0.717) is 12.1 Å². The van der Waals surface area contributed by atoms with Gasteiger partial charge < -0.3 is 5.11 Å². The van der Waals surface area contributed by atoms with Crippen molar-refractivity contribution in [3.8, 4) is 0 Å². The third kappa shape index (κ3) is 1.88. The number of hydrogen-bond acceptors (Lipinski definition) is 2. The molecule has 1 N–H and O–H groups in total. The molecule has 0 atom stereocenters. The zero-order chi connectivity index (χ0) is 10.9. The zero-order valence-electron chi connectivity index (χ0n) is 6.55. The summed E-state index contributed by atoms with van der Waals surface area (Å²) in [6.07, 6.45) is 0. The Morgan fingerprint density at radius 3 is 2.29 bits per heavy atom. The molecule has 0 fully saturated rings. The second-order valence-electron chi connectivity index (χ2n) is 2.38. The van der Waals surface area contributed by atoms with E-state index in [2.05, 4.69) is 0 Å². The van der Waals surface area contributed by atoms with Crippen molar-refractivity contribution in [2.45, 2.75) is 0 Å². The van der Waals surface area contributed by atoms with Gasteiger partial charge in [-0.3, -0.25) is 4.79 Å². The number of benzene rings is 1. The Bertz CT molecular complexity index is 417. The minimum atomic E-state index is -1.83. The molecule has 1 aromatic carbocycles. The van der Waals surface area contributed by atoms with Crippen molar-refractivity contribution in [1.82, 2.24) is 0 Å². The van der Waals surface area contributed by atoms with Crippen molar-refractivity contribution < 1.29 is 23.5 Å². The third-order valence-electron chi connectivity index (χ3n) is 1.45. The Kier molecular flexibility index (Phi) is 2.81. The number of halogens is 3. The minimum Gasteiger partial charge on any atom is -0.475 e. The highest BCUT2D eigenvalue weighted by Gasteiger charge is 2.20. The molecule has 0 bridgehead atoms. The first-order valence-corrected chi connectivity index (χ1v) is 3.73. The summed E-state index contributed by atoms with van der Waals surface area (Å²) >= 11 is 5.25. The van der Waals surface area contributed by atoms with Crippen LogP contribution >= 0.6 is 11.6 Å². The lowest BCUT2D eigenvalue weighted by Gasteiger charge is -2.00. The maximum atomic E-state index is 12.9. The molecule has 3 nitrogen and oxygen atoms in total. The lowest BCUT2D eigenvalue weighted by atomic mass is 10.1. The molecule has 0 saturated carbocycles. The highest BCUT2D eigenvalue weighted by atomic mass is 35.5. The van der Waals surface area contributed by atoms with Crippen LogP contribution in [-0.2, 0) is 4.79 Å². The second-order valence-corrected chi connectivity index (χ2v) is 2.79. The van der Waals surface area contributed by atoms with Gasteiger partial charge in [-0.05, 0) is 6.07 Å². The van der Waals surface area contributed by atoms with E-state index in [1.54, 1.807) is 0 Å². The number of Topliss-reactive ketones (excluding diaryl/α,β-unsaturated/α-hetero) is 1. The Morgan fingerprint density at radius 2 is 1.79 bits per heavy atom. The lowest BCUT2D eigenvalue weighted by molar-refractivity contribution is -0.131. The molecule has 0 aliphatic carbocycles. The van der Waals surface area contributed by atoms with E-state index in [4.69, 9.17) is 16.7 Å². The van der Waals surface area contributed by atoms with Crippen molar-refractivity contribution in [2.24, 2.45) is 0 Å². The summed E-state index contributed by atoms with van der Waals surface area (Å²) in [6.45, 7) is 0. The SMILES string of the molecule is O=C(O)C(=O)c1cc(Cl)c(F)cc1F. The van der Waals surface area contributed by atoms with Crippen LogP contribution in [0, 0.1) is 11.6 Å². The first-order valence-electron chi connectivity index (χ1n) is 3.35. The monoisotopic (exact) mass is 220 g/mol. The van der Waals surface area contributed by atoms with Crippen LogP contribution < -0.4 is 0 Å². The number of carboxylic acids is 1. The molecule has 1 aromatic rings. The Labute approximate surface area is 81.9 Å². The summed E-state index contributed by atoms with van der Waals surface area (Å²) in [4.78, 5) is 21.0. The third-order valence-corrected chi connectivity index (χ3v) is 1.74. The van der Waals surface area contributed by atoms with Crippen molar-refractivity contribution in [2.75, 3.05) is 0 Å². The fourth-order valence-corrected chi connectivity index (χ4v) is 0.975. The van der Waals surface area contributed by atoms with E-state index in [9.17, 15) is 18.4 Å². The predicted octanol–water partition coefficient (Wildman–Crippen LogP) is 1.89. The van der Waals surface area contributed by atoms with E-state index in [-0.39, 0.29) is 0 Å². The molecule has 0 radical (unpaired) electrons. The number of hydrogen-bond donors (Lipinski definition) is 1. The topological polar surface area (TPSA) is 54.4 Å². The van der Waals surface area contributed by atoms with Crippen molar-refractivity contribution in [1.29, 1.82) is 0 Å². The smallest absolute Gasteiger partial charge is 0.377 e. The summed E-state index contributed by atoms with van der Waals surface area (Å²) in [5, 5.41) is 7.76. The van der Waals surface area contributed by atoms with Crippen LogP contribution in [0.15, 0.2) is 12.1 Å². The molecule has 0 unspecified atom stereocenters. The molecule has 14 heavy (non-hydrogen) atoms. The Balaban J connectivity index is 3.29. The summed E-state index contributed by atoms with van der Waals surface area (Å²) in [6, 6.07) is 1.00. The van der Waals surface area contributed by atoms with Crippen molar-refractivity contribution in [3.63, 3.8) is 0 Å². The van der Waals surface area contributed by atoms with Crippen LogP contribution in [0.2, 0.25) is 5.02 Å². The quantitative estimate of drug-likeness (QED) is 0.470. The molecule has 0 spiro atoms. The average Bonchev–Trinajstić information content (AvgIpc) is 2.10. The zero-order valence-corrected chi connectivity index (χ0v) is 7.31. The Morgan fingerprint density at radius 1 is 1.21 bits per heavy atom. The lowest BCUT2D eigenvalue weighted by Crippen LogP contribution is -2.14. The first-order chi connectivity index (χ1) is 6.43. The van der Waals surface area contributed by atoms with Crippen molar-refractivity contribution in [3.05, 3.63) is 34.4 Å². The number of aliphatic carboxylic acids is 1. The van der Waals surface area contributed by atoms with E-state index in [1.165, 1.54) is 0 Å². The molecule has 1 rings (SSSR count). The Hall–Kier alpha value is -1.49. The van der Waals surface area contributed by atoms with Gasteiger partial charge in [-0.15, -0.1) is 0 Å². The molecule has 6 heteroatoms. The first kappa shape index (κ1) is 10.6. The predicted molar refractivity (Wildman–Crippen MR) is 43.3 cm³/mol. The average molecular weight is 221 g/mol. The maximum Gasteiger partial charge on any atom is 0.377 e. The molecule has 0 aromatic heterocycles. The highest BCUT2D eigenvalue weighted by Crippen LogP contribution is 2.19. The largest absolute Gasteiger partial charge is 0.475 e. The molecule has 74 valence electrons. The van der Waals surface area contributed by atoms with Crippen LogP contribution in [0.4, 0.5) is 8.78 Å². The molecule has 0 aliphatic rings. The van der Waals surface area contributed by atoms with Crippen LogP contribution in [0.25, 0.3) is 0 Å². The molecule has 0 heterocycles. The van der Waals surface area contributed by atoms with E-state index in [0.717, 1.165) is 0 Å². The van der Waals surface area contributed by atoms with Gasteiger partial charge in [0.1, 0.15) is 11.6 Å². The fraction of sp³-hybridized carbons (Fsp3) is 0.